The zero-order valence-electron chi connectivity index (χ0n) is 13.3. The quantitative estimate of drug-likeness (QED) is 0.844. The normalized spacial score (nSPS) is 20.1. The van der Waals surface area contributed by atoms with Gasteiger partial charge in [0.1, 0.15) is 5.75 Å². The lowest BCUT2D eigenvalue weighted by molar-refractivity contribution is -0.131. The van der Waals surface area contributed by atoms with Crippen LogP contribution in [0.1, 0.15) is 18.2 Å². The predicted octanol–water partition coefficient (Wildman–Crippen LogP) is 2.65. The summed E-state index contributed by atoms with van der Waals surface area (Å²) in [6, 6.07) is 10.3. The van der Waals surface area contributed by atoms with E-state index in [0.29, 0.717) is 11.3 Å². The lowest BCUT2D eigenvalue weighted by atomic mass is 9.97. The first kappa shape index (κ1) is 16.8. The van der Waals surface area contributed by atoms with Crippen molar-refractivity contribution in [1.29, 1.82) is 0 Å². The average Bonchev–Trinajstić information content (AvgIpc) is 2.81. The Balaban J connectivity index is 1.77. The summed E-state index contributed by atoms with van der Waals surface area (Å²) in [6.07, 6.45) is 1.55. The number of nitrogens with zero attached hydrogens (tertiary/aromatic N) is 2. The van der Waals surface area contributed by atoms with Gasteiger partial charge < -0.3 is 10.1 Å². The van der Waals surface area contributed by atoms with Crippen LogP contribution in [0.25, 0.3) is 0 Å². The largest absolute Gasteiger partial charge is 0.435 e. The minimum absolute atomic E-state index is 0.00859. The van der Waals surface area contributed by atoms with E-state index in [1.54, 1.807) is 31.3 Å². The van der Waals surface area contributed by atoms with Crippen molar-refractivity contribution in [3.8, 4) is 5.75 Å². The first-order valence-corrected chi connectivity index (χ1v) is 7.49. The molecular formula is C17H15F2N3O3. The van der Waals surface area contributed by atoms with Gasteiger partial charge in [-0.05, 0) is 36.8 Å². The molecule has 1 saturated heterocycles. The van der Waals surface area contributed by atoms with Crippen LogP contribution in [0.2, 0.25) is 0 Å². The number of rotatable bonds is 5. The topological polar surface area (TPSA) is 71.5 Å². The number of ether oxygens (including phenoxy) is 1. The van der Waals surface area contributed by atoms with Crippen molar-refractivity contribution in [2.24, 2.45) is 0 Å². The number of carbonyl (C=O) groups excluding carboxylic acids is 2. The summed E-state index contributed by atoms with van der Waals surface area (Å²) in [5.41, 5.74) is -0.191. The van der Waals surface area contributed by atoms with Gasteiger partial charge in [0.05, 0.1) is 12.2 Å². The van der Waals surface area contributed by atoms with Gasteiger partial charge in [-0.15, -0.1) is 0 Å². The molecule has 1 fully saturated rings. The molecule has 1 aliphatic rings. The van der Waals surface area contributed by atoms with Crippen LogP contribution < -0.4 is 10.1 Å². The zero-order chi connectivity index (χ0) is 18.0. The molecule has 130 valence electrons. The molecule has 0 saturated carbocycles. The van der Waals surface area contributed by atoms with Gasteiger partial charge in [-0.25, -0.2) is 4.79 Å². The highest BCUT2D eigenvalue weighted by atomic mass is 19.3. The van der Waals surface area contributed by atoms with E-state index in [9.17, 15) is 18.4 Å². The van der Waals surface area contributed by atoms with Crippen molar-refractivity contribution in [1.82, 2.24) is 15.2 Å². The van der Waals surface area contributed by atoms with E-state index in [2.05, 4.69) is 15.0 Å². The van der Waals surface area contributed by atoms with Gasteiger partial charge in [-0.1, -0.05) is 18.2 Å². The van der Waals surface area contributed by atoms with Crippen LogP contribution in [-0.2, 0) is 16.9 Å². The van der Waals surface area contributed by atoms with Crippen molar-refractivity contribution in [3.63, 3.8) is 0 Å². The molecule has 1 atom stereocenters. The summed E-state index contributed by atoms with van der Waals surface area (Å²) < 4.78 is 28.6. The van der Waals surface area contributed by atoms with E-state index < -0.39 is 24.1 Å². The molecule has 2 aromatic rings. The monoisotopic (exact) mass is 347 g/mol. The second-order valence-corrected chi connectivity index (χ2v) is 5.68. The molecular weight excluding hydrogens is 332 g/mol. The maximum atomic E-state index is 12.7. The molecule has 8 heteroatoms. The number of hydrogen-bond acceptors (Lipinski definition) is 4. The number of benzene rings is 1. The Labute approximate surface area is 142 Å². The summed E-state index contributed by atoms with van der Waals surface area (Å²) in [6.45, 7) is -1.30. The standard InChI is InChI=1S/C17H15F2N3O3/c1-17(13-4-2-3-9-20-13)14(23)22(16(24)21-17)10-11-5-7-12(8-6-11)25-15(18)19/h2-9,15H,10H2,1H3,(H,21,24). The highest BCUT2D eigenvalue weighted by molar-refractivity contribution is 6.06. The van der Waals surface area contributed by atoms with E-state index in [-0.39, 0.29) is 12.3 Å². The Morgan fingerprint density at radius 1 is 1.20 bits per heavy atom. The highest BCUT2D eigenvalue weighted by Crippen LogP contribution is 2.28. The molecule has 6 nitrogen and oxygen atoms in total. The Morgan fingerprint density at radius 3 is 2.52 bits per heavy atom. The Hall–Kier alpha value is -3.03. The van der Waals surface area contributed by atoms with E-state index in [1.807, 2.05) is 0 Å². The van der Waals surface area contributed by atoms with Crippen molar-refractivity contribution < 1.29 is 23.1 Å². The van der Waals surface area contributed by atoms with Crippen molar-refractivity contribution in [2.75, 3.05) is 0 Å². The number of aromatic nitrogens is 1. The van der Waals surface area contributed by atoms with Gasteiger partial charge in [-0.2, -0.15) is 8.78 Å². The molecule has 0 bridgehead atoms. The van der Waals surface area contributed by atoms with Gasteiger partial charge in [0.2, 0.25) is 0 Å². The first-order valence-electron chi connectivity index (χ1n) is 7.49. The number of urea groups is 1. The van der Waals surface area contributed by atoms with Gasteiger partial charge in [0.15, 0.2) is 5.54 Å². The fourth-order valence-corrected chi connectivity index (χ4v) is 2.63. The highest BCUT2D eigenvalue weighted by Gasteiger charge is 2.49. The van der Waals surface area contributed by atoms with Crippen LogP contribution in [0.5, 0.6) is 5.75 Å². The summed E-state index contributed by atoms with van der Waals surface area (Å²) in [5.74, 6) is -0.418. The van der Waals surface area contributed by atoms with Gasteiger partial charge >= 0.3 is 12.6 Å². The molecule has 2 heterocycles. The molecule has 25 heavy (non-hydrogen) atoms. The number of carbonyl (C=O) groups is 2. The number of nitrogens with one attached hydrogen (secondary N) is 1. The van der Waals surface area contributed by atoms with Crippen LogP contribution in [0.4, 0.5) is 13.6 Å². The molecule has 3 rings (SSSR count). The molecule has 1 aliphatic heterocycles. The van der Waals surface area contributed by atoms with E-state index in [0.717, 1.165) is 4.90 Å². The van der Waals surface area contributed by atoms with Gasteiger partial charge in [0, 0.05) is 6.20 Å². The molecule has 1 N–H and O–H groups in total. The number of pyridine rings is 1. The molecule has 0 spiro atoms. The smallest absolute Gasteiger partial charge is 0.387 e. The number of hydrogen-bond donors (Lipinski definition) is 1. The van der Waals surface area contributed by atoms with Crippen LogP contribution >= 0.6 is 0 Å². The van der Waals surface area contributed by atoms with E-state index in [4.69, 9.17) is 0 Å². The molecule has 0 radical (unpaired) electrons. The third kappa shape index (κ3) is 3.28. The van der Waals surface area contributed by atoms with Crippen LogP contribution in [0.15, 0.2) is 48.7 Å². The van der Waals surface area contributed by atoms with E-state index in [1.165, 1.54) is 24.3 Å². The molecule has 3 amide bonds. The second kappa shape index (κ2) is 6.46. The third-order valence-corrected chi connectivity index (χ3v) is 3.94. The second-order valence-electron chi connectivity index (χ2n) is 5.68. The fourth-order valence-electron chi connectivity index (χ4n) is 2.63. The number of alkyl halides is 2. The SMILES string of the molecule is CC1(c2ccccn2)NC(=O)N(Cc2ccc(OC(F)F)cc2)C1=O. The minimum Gasteiger partial charge on any atom is -0.435 e. The van der Waals surface area contributed by atoms with Gasteiger partial charge in [0.25, 0.3) is 5.91 Å². The lowest BCUT2D eigenvalue weighted by Crippen LogP contribution is -2.41. The van der Waals surface area contributed by atoms with Crippen LogP contribution in [0.3, 0.4) is 0 Å². The summed E-state index contributed by atoms with van der Waals surface area (Å²) in [5, 5.41) is 2.66. The third-order valence-electron chi connectivity index (χ3n) is 3.94. The number of amides is 3. The lowest BCUT2D eigenvalue weighted by Gasteiger charge is -2.21. The molecule has 1 aromatic heterocycles. The molecule has 1 unspecified atom stereocenters. The minimum atomic E-state index is -2.91. The zero-order valence-corrected chi connectivity index (χ0v) is 13.3. The Morgan fingerprint density at radius 2 is 1.92 bits per heavy atom. The van der Waals surface area contributed by atoms with Crippen molar-refractivity contribution in [2.45, 2.75) is 25.6 Å². The van der Waals surface area contributed by atoms with Crippen molar-refractivity contribution >= 4 is 11.9 Å². The first-order chi connectivity index (χ1) is 11.9. The van der Waals surface area contributed by atoms with Crippen LogP contribution in [0, 0.1) is 0 Å². The Bertz CT molecular complexity index is 783. The number of imide groups is 1. The van der Waals surface area contributed by atoms with Crippen LogP contribution in [-0.4, -0.2) is 28.4 Å². The molecule has 0 aliphatic carbocycles. The predicted molar refractivity (Wildman–Crippen MR) is 83.7 cm³/mol. The van der Waals surface area contributed by atoms with Crippen molar-refractivity contribution in [3.05, 3.63) is 59.9 Å². The molecule has 1 aromatic carbocycles. The maximum absolute atomic E-state index is 12.7. The van der Waals surface area contributed by atoms with Gasteiger partial charge in [-0.3, -0.25) is 14.7 Å². The fraction of sp³-hybridized carbons (Fsp3) is 0.235. The number of halogens is 2. The maximum Gasteiger partial charge on any atom is 0.387 e. The summed E-state index contributed by atoms with van der Waals surface area (Å²) >= 11 is 0. The average molecular weight is 347 g/mol. The Kier molecular flexibility index (Phi) is 4.35. The van der Waals surface area contributed by atoms with E-state index >= 15 is 0 Å². The summed E-state index contributed by atoms with van der Waals surface area (Å²) in [7, 11) is 0. The summed E-state index contributed by atoms with van der Waals surface area (Å²) in [4.78, 5) is 30.2.